The van der Waals surface area contributed by atoms with Crippen molar-refractivity contribution in [3.8, 4) is 0 Å². The van der Waals surface area contributed by atoms with Crippen molar-refractivity contribution in [2.24, 2.45) is 11.8 Å². The van der Waals surface area contributed by atoms with Crippen LogP contribution in [0.4, 0.5) is 0 Å². The highest BCUT2D eigenvalue weighted by atomic mass is 35.6. The Bertz CT molecular complexity index is 2920. The van der Waals surface area contributed by atoms with Gasteiger partial charge < -0.3 is 42.3 Å². The topological polar surface area (TPSA) is 175 Å². The van der Waals surface area contributed by atoms with Gasteiger partial charge in [0.15, 0.2) is 18.5 Å². The molecule has 8 rings (SSSR count). The molecular weight excluding hydrogens is 1080 g/mol. The summed E-state index contributed by atoms with van der Waals surface area (Å²) >= 11 is 18.5. The van der Waals surface area contributed by atoms with Crippen LogP contribution in [0, 0.1) is 17.2 Å². The summed E-state index contributed by atoms with van der Waals surface area (Å²) in [6.45, 7) is 9.49. The molecule has 0 amide bonds. The van der Waals surface area contributed by atoms with Crippen molar-refractivity contribution in [1.82, 2.24) is 0 Å². The number of hydrogen-bond acceptors (Lipinski definition) is 14. The number of carbonyl (C=O) groups excluding carboxylic acids is 4. The second-order valence-electron chi connectivity index (χ2n) is 20.0. The van der Waals surface area contributed by atoms with Crippen molar-refractivity contribution in [3.63, 3.8) is 0 Å². The van der Waals surface area contributed by atoms with Crippen LogP contribution < -0.4 is 10.4 Å². The first-order valence-electron chi connectivity index (χ1n) is 25.4. The SMILES string of the molecule is C[C@H]1[C@H](OC(=O)c2ccccc2)[C@@H](OC(=O)c2ccccc2)[C@H](OCC2OC(OC(=N)C(Cl)(Cl)Cl)[C@H](OC(=O)c3ccccc3)[C@@H](OC(=O)c3ccccc3)[C@@H]2C)O[C@@H]1CO[Si](c1ccccc1)(c1ccccc1)C(C)(C)C. The van der Waals surface area contributed by atoms with Crippen molar-refractivity contribution in [2.75, 3.05) is 13.2 Å². The molecule has 18 heteroatoms. The van der Waals surface area contributed by atoms with Gasteiger partial charge in [-0.3, -0.25) is 5.41 Å². The van der Waals surface area contributed by atoms with E-state index < -0.39 is 115 Å². The Balaban J connectivity index is 1.19. The Morgan fingerprint density at radius 3 is 1.12 bits per heavy atom. The number of halogens is 3. The number of nitrogens with one attached hydrogen (secondary N) is 1. The van der Waals surface area contributed by atoms with E-state index in [0.717, 1.165) is 10.4 Å². The van der Waals surface area contributed by atoms with E-state index in [-0.39, 0.29) is 28.9 Å². The molecule has 0 aliphatic carbocycles. The Labute approximate surface area is 469 Å². The molecule has 2 saturated heterocycles. The average molecular weight is 1140 g/mol. The van der Waals surface area contributed by atoms with Gasteiger partial charge in [0.25, 0.3) is 12.1 Å². The monoisotopic (exact) mass is 1140 g/mol. The average Bonchev–Trinajstić information content (AvgIpc) is 3.46. The molecule has 0 aromatic heterocycles. The molecular formula is C60H60Cl3NO13Si. The van der Waals surface area contributed by atoms with Gasteiger partial charge in [0.1, 0.15) is 6.10 Å². The Hall–Kier alpha value is -6.40. The van der Waals surface area contributed by atoms with Gasteiger partial charge in [-0.1, -0.05) is 203 Å². The molecule has 0 radical (unpaired) electrons. The molecule has 6 aromatic carbocycles. The predicted molar refractivity (Wildman–Crippen MR) is 297 cm³/mol. The zero-order valence-corrected chi connectivity index (χ0v) is 46.7. The lowest BCUT2D eigenvalue weighted by molar-refractivity contribution is -0.309. The van der Waals surface area contributed by atoms with Crippen LogP contribution in [0.1, 0.15) is 76.1 Å². The predicted octanol–water partition coefficient (Wildman–Crippen LogP) is 10.6. The third-order valence-corrected chi connectivity index (χ3v) is 19.3. The highest BCUT2D eigenvalue weighted by molar-refractivity contribution is 6.99. The minimum atomic E-state index is -3.22. The first-order chi connectivity index (χ1) is 37.4. The smallest absolute Gasteiger partial charge is 0.338 e. The van der Waals surface area contributed by atoms with Crippen LogP contribution in [0.15, 0.2) is 182 Å². The van der Waals surface area contributed by atoms with Gasteiger partial charge in [0.05, 0.1) is 47.7 Å². The number of ether oxygens (including phenoxy) is 8. The van der Waals surface area contributed by atoms with E-state index in [4.69, 9.17) is 82.5 Å². The van der Waals surface area contributed by atoms with Gasteiger partial charge in [-0.15, -0.1) is 0 Å². The molecule has 78 heavy (non-hydrogen) atoms. The molecule has 408 valence electrons. The van der Waals surface area contributed by atoms with Crippen molar-refractivity contribution >= 4 is 83.3 Å². The Morgan fingerprint density at radius 2 is 0.769 bits per heavy atom. The zero-order chi connectivity index (χ0) is 55.6. The standard InChI is InChI=1S/C60H60Cl3NO13Si/c1-38-46(72-57(77-58(64)60(61,62)63)51(76-55(68)43-30-18-9-19-31-43)49(38)74-53(66)41-26-14-7-15-27-41)36-69-56-50(75-54(67)42-28-16-8-17-29-42)48(73-52(65)40-24-12-6-13-25-40)39(2)47(71-56)37-70-78(59(3,4)5,44-32-20-10-21-33-44)45-34-22-11-23-35-45/h6-35,38-39,46-51,56-57,64H,36-37H2,1-5H3/t38-,39-,46?,47-,48+,49+,50-,51-,56-,57?/m1/s1. The van der Waals surface area contributed by atoms with Crippen LogP contribution in [0.25, 0.3) is 0 Å². The summed E-state index contributed by atoms with van der Waals surface area (Å²) in [4.78, 5) is 56.3. The Morgan fingerprint density at radius 1 is 0.462 bits per heavy atom. The van der Waals surface area contributed by atoms with Crippen LogP contribution in [-0.2, 0) is 42.3 Å². The fourth-order valence-corrected chi connectivity index (χ4v) is 14.4. The summed E-state index contributed by atoms with van der Waals surface area (Å²) in [7, 11) is -3.22. The van der Waals surface area contributed by atoms with Gasteiger partial charge in [0, 0.05) is 11.8 Å². The van der Waals surface area contributed by atoms with Crippen molar-refractivity contribution in [3.05, 3.63) is 204 Å². The third-order valence-electron chi connectivity index (χ3n) is 13.8. The van der Waals surface area contributed by atoms with Gasteiger partial charge in [-0.25, -0.2) is 19.2 Å². The number of benzene rings is 6. The molecule has 14 nitrogen and oxygen atoms in total. The van der Waals surface area contributed by atoms with Crippen molar-refractivity contribution in [2.45, 2.75) is 92.7 Å². The molecule has 10 atom stereocenters. The summed E-state index contributed by atoms with van der Waals surface area (Å²) in [5, 5.41) is 10.2. The fraction of sp³-hybridized carbons (Fsp3) is 0.317. The molecule has 2 fully saturated rings. The largest absolute Gasteiger partial charge is 0.454 e. The van der Waals surface area contributed by atoms with E-state index in [1.165, 1.54) is 12.1 Å². The maximum absolute atomic E-state index is 14.2. The van der Waals surface area contributed by atoms with Gasteiger partial charge in [-0.05, 0) is 63.9 Å². The molecule has 2 aliphatic heterocycles. The van der Waals surface area contributed by atoms with Crippen LogP contribution in [-0.4, -0.2) is 104 Å². The lowest BCUT2D eigenvalue weighted by Gasteiger charge is -2.48. The van der Waals surface area contributed by atoms with E-state index in [1.54, 1.807) is 116 Å². The second-order valence-corrected chi connectivity index (χ2v) is 26.6. The lowest BCUT2D eigenvalue weighted by atomic mass is 9.89. The molecule has 0 bridgehead atoms. The molecule has 2 heterocycles. The molecule has 2 unspecified atom stereocenters. The van der Waals surface area contributed by atoms with E-state index in [9.17, 15) is 19.2 Å². The van der Waals surface area contributed by atoms with E-state index in [1.807, 2.05) is 43.3 Å². The number of alkyl halides is 3. The van der Waals surface area contributed by atoms with Crippen molar-refractivity contribution in [1.29, 1.82) is 5.41 Å². The third kappa shape index (κ3) is 13.5. The minimum Gasteiger partial charge on any atom is -0.454 e. The number of rotatable bonds is 17. The summed E-state index contributed by atoms with van der Waals surface area (Å²) in [6.07, 6.45) is -10.9. The molecule has 0 spiro atoms. The molecule has 0 saturated carbocycles. The summed E-state index contributed by atoms with van der Waals surface area (Å²) in [6, 6.07) is 53.0. The highest BCUT2D eigenvalue weighted by Gasteiger charge is 2.55. The minimum absolute atomic E-state index is 0.0373. The fourth-order valence-electron chi connectivity index (χ4n) is 9.69. The lowest BCUT2D eigenvalue weighted by Crippen LogP contribution is -2.68. The Kier molecular flexibility index (Phi) is 19.0. The summed E-state index contributed by atoms with van der Waals surface area (Å²) in [5.41, 5.74) is 0.777. The van der Waals surface area contributed by atoms with Crippen molar-refractivity contribution < 1.29 is 61.5 Å². The van der Waals surface area contributed by atoms with Crippen LogP contribution in [0.5, 0.6) is 0 Å². The van der Waals surface area contributed by atoms with Crippen LogP contribution >= 0.6 is 34.8 Å². The molecule has 6 aromatic rings. The van der Waals surface area contributed by atoms with Gasteiger partial charge in [-0.2, -0.15) is 0 Å². The van der Waals surface area contributed by atoms with E-state index in [0.29, 0.717) is 0 Å². The van der Waals surface area contributed by atoms with Gasteiger partial charge in [0.2, 0.25) is 18.3 Å². The number of esters is 4. The van der Waals surface area contributed by atoms with E-state index in [2.05, 4.69) is 45.0 Å². The normalized spacial score (nSPS) is 23.5. The zero-order valence-electron chi connectivity index (χ0n) is 43.4. The second kappa shape index (κ2) is 25.6. The number of hydrogen-bond donors (Lipinski definition) is 1. The first-order valence-corrected chi connectivity index (χ1v) is 28.4. The van der Waals surface area contributed by atoms with Gasteiger partial charge >= 0.3 is 23.9 Å². The number of carbonyl (C=O) groups is 4. The summed E-state index contributed by atoms with van der Waals surface area (Å²) < 4.78 is 56.2. The van der Waals surface area contributed by atoms with Crippen LogP contribution in [0.3, 0.4) is 0 Å². The molecule has 1 N–H and O–H groups in total. The van der Waals surface area contributed by atoms with Crippen LogP contribution in [0.2, 0.25) is 5.04 Å². The maximum atomic E-state index is 14.2. The highest BCUT2D eigenvalue weighted by Crippen LogP contribution is 2.40. The first kappa shape index (κ1) is 57.8. The summed E-state index contributed by atoms with van der Waals surface area (Å²) in [5.74, 6) is -5.58. The quantitative estimate of drug-likeness (QED) is 0.0228. The maximum Gasteiger partial charge on any atom is 0.338 e. The van der Waals surface area contributed by atoms with E-state index >= 15 is 0 Å². The molecule has 2 aliphatic rings.